The molecule has 1 aliphatic rings. The second-order valence-corrected chi connectivity index (χ2v) is 8.53. The van der Waals surface area contributed by atoms with E-state index in [2.05, 4.69) is 30.4 Å². The molecule has 12 heteroatoms. The fourth-order valence-electron chi connectivity index (χ4n) is 4.00. The van der Waals surface area contributed by atoms with Gasteiger partial charge in [-0.25, -0.2) is 13.8 Å². The van der Waals surface area contributed by atoms with Gasteiger partial charge in [-0.05, 0) is 43.7 Å². The van der Waals surface area contributed by atoms with E-state index < -0.39 is 23.1 Å². The van der Waals surface area contributed by atoms with Crippen molar-refractivity contribution in [1.29, 1.82) is 0 Å². The Bertz CT molecular complexity index is 1320. The summed E-state index contributed by atoms with van der Waals surface area (Å²) in [5.41, 5.74) is 0.590. The number of hydrogen-bond donors (Lipinski definition) is 2. The third-order valence-electron chi connectivity index (χ3n) is 5.87. The van der Waals surface area contributed by atoms with Crippen LogP contribution < -0.4 is 10.1 Å². The van der Waals surface area contributed by atoms with Crippen LogP contribution in [0.1, 0.15) is 23.5 Å². The number of H-pyrrole nitrogens is 1. The van der Waals surface area contributed by atoms with E-state index in [4.69, 9.17) is 9.47 Å². The topological polar surface area (TPSA) is 92.6 Å². The van der Waals surface area contributed by atoms with Crippen LogP contribution in [0, 0.1) is 12.7 Å². The second kappa shape index (κ2) is 10.2. The number of nitrogens with one attached hydrogen (secondary N) is 2. The van der Waals surface area contributed by atoms with Crippen molar-refractivity contribution in [2.24, 2.45) is 0 Å². The Hall–Kier alpha value is -3.64. The maximum Gasteiger partial charge on any atom is 0.331 e. The Morgan fingerprint density at radius 1 is 1.11 bits per heavy atom. The van der Waals surface area contributed by atoms with Crippen molar-refractivity contribution in [1.82, 2.24) is 29.5 Å². The standard InChI is InChI=1S/C24H26F3N7O2/c1-16-15-19(32-31-16)28-23-30-22(24(26,27)17-3-5-18(25)6-4-17)29-20-7-8-21(34(20)23)36-12-2-9-33-10-13-35-14-11-33/h3-8,15H,2,9-14H2,1H3,(H2,28,29,30,31,32). The van der Waals surface area contributed by atoms with Crippen molar-refractivity contribution in [3.05, 3.63) is 65.4 Å². The van der Waals surface area contributed by atoms with Crippen LogP contribution >= 0.6 is 0 Å². The molecule has 0 saturated carbocycles. The summed E-state index contributed by atoms with van der Waals surface area (Å²) in [5.74, 6) is -4.01. The van der Waals surface area contributed by atoms with Crippen molar-refractivity contribution in [2.75, 3.05) is 44.8 Å². The number of morpholine rings is 1. The molecule has 5 rings (SSSR count). The van der Waals surface area contributed by atoms with Crippen LogP contribution in [-0.2, 0) is 10.7 Å². The van der Waals surface area contributed by atoms with Crippen molar-refractivity contribution < 1.29 is 22.6 Å². The van der Waals surface area contributed by atoms with Gasteiger partial charge < -0.3 is 14.8 Å². The number of aryl methyl sites for hydroxylation is 1. The SMILES string of the molecule is Cc1cc(Nc2nc(C(F)(F)c3ccc(F)cc3)nc3ccc(OCCCN4CCOCC4)n23)n[nH]1. The Labute approximate surface area is 205 Å². The van der Waals surface area contributed by atoms with Crippen LogP contribution in [0.25, 0.3) is 5.65 Å². The van der Waals surface area contributed by atoms with Gasteiger partial charge in [0.15, 0.2) is 5.82 Å². The summed E-state index contributed by atoms with van der Waals surface area (Å²) in [5, 5.41) is 9.91. The van der Waals surface area contributed by atoms with Gasteiger partial charge in [-0.2, -0.15) is 18.9 Å². The third-order valence-corrected chi connectivity index (χ3v) is 5.87. The molecule has 0 amide bonds. The molecule has 0 bridgehead atoms. The summed E-state index contributed by atoms with van der Waals surface area (Å²) in [6.45, 7) is 6.36. The first kappa shape index (κ1) is 24.1. The normalized spacial score (nSPS) is 14.9. The highest BCUT2D eigenvalue weighted by atomic mass is 19.3. The first-order chi connectivity index (χ1) is 17.4. The molecule has 0 spiro atoms. The first-order valence-electron chi connectivity index (χ1n) is 11.7. The van der Waals surface area contributed by atoms with Crippen molar-refractivity contribution >= 4 is 17.4 Å². The molecule has 0 aliphatic carbocycles. The zero-order chi connectivity index (χ0) is 25.1. The van der Waals surface area contributed by atoms with Crippen LogP contribution in [0.4, 0.5) is 24.9 Å². The van der Waals surface area contributed by atoms with Crippen molar-refractivity contribution in [3.8, 4) is 5.88 Å². The quantitative estimate of drug-likeness (QED) is 0.336. The van der Waals surface area contributed by atoms with Crippen LogP contribution in [0.3, 0.4) is 0 Å². The highest BCUT2D eigenvalue weighted by molar-refractivity contribution is 5.57. The summed E-state index contributed by atoms with van der Waals surface area (Å²) in [6.07, 6.45) is 0.788. The minimum atomic E-state index is -3.56. The molecular weight excluding hydrogens is 475 g/mol. The number of halogens is 3. The first-order valence-corrected chi connectivity index (χ1v) is 11.7. The molecule has 4 heterocycles. The number of aromatic amines is 1. The van der Waals surface area contributed by atoms with Gasteiger partial charge in [0.1, 0.15) is 11.5 Å². The number of rotatable bonds is 9. The van der Waals surface area contributed by atoms with Crippen LogP contribution in [0.5, 0.6) is 5.88 Å². The van der Waals surface area contributed by atoms with Gasteiger partial charge >= 0.3 is 5.92 Å². The molecule has 190 valence electrons. The number of alkyl halides is 2. The maximum atomic E-state index is 15.4. The number of ether oxygens (including phenoxy) is 2. The van der Waals surface area contributed by atoms with Gasteiger partial charge in [0.05, 0.1) is 19.8 Å². The fourth-order valence-corrected chi connectivity index (χ4v) is 4.00. The minimum absolute atomic E-state index is 0.0662. The van der Waals surface area contributed by atoms with E-state index in [1.54, 1.807) is 18.2 Å². The lowest BCUT2D eigenvalue weighted by atomic mass is 10.1. The molecule has 9 nitrogen and oxygen atoms in total. The van der Waals surface area contributed by atoms with Crippen LogP contribution in [0.2, 0.25) is 0 Å². The molecule has 2 N–H and O–H groups in total. The van der Waals surface area contributed by atoms with E-state index in [1.165, 1.54) is 4.40 Å². The molecule has 1 fully saturated rings. The predicted octanol–water partition coefficient (Wildman–Crippen LogP) is 3.88. The predicted molar refractivity (Wildman–Crippen MR) is 126 cm³/mol. The molecule has 0 atom stereocenters. The lowest BCUT2D eigenvalue weighted by Crippen LogP contribution is -2.37. The summed E-state index contributed by atoms with van der Waals surface area (Å²) in [4.78, 5) is 10.6. The maximum absolute atomic E-state index is 15.4. The van der Waals surface area contributed by atoms with E-state index in [0.29, 0.717) is 18.3 Å². The monoisotopic (exact) mass is 501 g/mol. The summed E-state index contributed by atoms with van der Waals surface area (Å²) in [6, 6.07) is 8.98. The molecule has 0 unspecified atom stereocenters. The molecule has 4 aromatic rings. The lowest BCUT2D eigenvalue weighted by molar-refractivity contribution is 0.0329. The largest absolute Gasteiger partial charge is 0.478 e. The summed E-state index contributed by atoms with van der Waals surface area (Å²) >= 11 is 0. The number of hydrogen-bond acceptors (Lipinski definition) is 7. The van der Waals surface area contributed by atoms with E-state index >= 15 is 8.78 Å². The molecule has 1 saturated heterocycles. The van der Waals surface area contributed by atoms with Gasteiger partial charge in [0, 0.05) is 43.0 Å². The smallest absolute Gasteiger partial charge is 0.331 e. The minimum Gasteiger partial charge on any atom is -0.478 e. The fraction of sp³-hybridized carbons (Fsp3) is 0.375. The molecule has 0 radical (unpaired) electrons. The van der Waals surface area contributed by atoms with Crippen LogP contribution in [0.15, 0.2) is 42.5 Å². The van der Waals surface area contributed by atoms with Crippen LogP contribution in [-0.4, -0.2) is 68.9 Å². The Balaban J connectivity index is 1.43. The highest BCUT2D eigenvalue weighted by Gasteiger charge is 2.38. The van der Waals surface area contributed by atoms with E-state index in [-0.39, 0.29) is 11.6 Å². The molecule has 36 heavy (non-hydrogen) atoms. The second-order valence-electron chi connectivity index (χ2n) is 8.53. The van der Waals surface area contributed by atoms with Gasteiger partial charge in [-0.1, -0.05) is 0 Å². The van der Waals surface area contributed by atoms with Gasteiger partial charge in [-0.15, -0.1) is 0 Å². The summed E-state index contributed by atoms with van der Waals surface area (Å²) in [7, 11) is 0. The van der Waals surface area contributed by atoms with Gasteiger partial charge in [-0.3, -0.25) is 10.00 Å². The number of fused-ring (bicyclic) bond motifs is 1. The van der Waals surface area contributed by atoms with Crippen molar-refractivity contribution in [3.63, 3.8) is 0 Å². The van der Waals surface area contributed by atoms with E-state index in [1.807, 2.05) is 6.92 Å². The lowest BCUT2D eigenvalue weighted by Gasteiger charge is -2.26. The highest BCUT2D eigenvalue weighted by Crippen LogP contribution is 2.35. The molecule has 1 aliphatic heterocycles. The number of aromatic nitrogens is 5. The average molecular weight is 502 g/mol. The molecule has 3 aromatic heterocycles. The summed E-state index contributed by atoms with van der Waals surface area (Å²) < 4.78 is 56.9. The average Bonchev–Trinajstić information content (AvgIpc) is 3.48. The molecule has 1 aromatic carbocycles. The van der Waals surface area contributed by atoms with E-state index in [0.717, 1.165) is 69.2 Å². The zero-order valence-corrected chi connectivity index (χ0v) is 19.7. The van der Waals surface area contributed by atoms with Gasteiger partial charge in [0.25, 0.3) is 0 Å². The zero-order valence-electron chi connectivity index (χ0n) is 19.7. The molecular formula is C24H26F3N7O2. The number of benzene rings is 1. The Morgan fingerprint density at radius 3 is 2.61 bits per heavy atom. The third kappa shape index (κ3) is 5.14. The number of nitrogens with zero attached hydrogens (tertiary/aromatic N) is 5. The van der Waals surface area contributed by atoms with E-state index in [9.17, 15) is 4.39 Å². The van der Waals surface area contributed by atoms with Gasteiger partial charge in [0.2, 0.25) is 17.7 Å². The Morgan fingerprint density at radius 2 is 1.89 bits per heavy atom. The number of anilines is 2. The Kier molecular flexibility index (Phi) is 6.79. The van der Waals surface area contributed by atoms with Crippen molar-refractivity contribution in [2.45, 2.75) is 19.3 Å².